The smallest absolute Gasteiger partial charge is 0.233 e. The molecule has 0 saturated carbocycles. The number of amides is 1. The van der Waals surface area contributed by atoms with Crippen LogP contribution < -0.4 is 4.74 Å². The summed E-state index contributed by atoms with van der Waals surface area (Å²) >= 11 is 0. The van der Waals surface area contributed by atoms with Crippen molar-refractivity contribution in [1.82, 2.24) is 20.1 Å². The van der Waals surface area contributed by atoms with E-state index in [9.17, 15) is 4.79 Å². The van der Waals surface area contributed by atoms with Crippen molar-refractivity contribution in [1.29, 1.82) is 0 Å². The van der Waals surface area contributed by atoms with E-state index in [2.05, 4.69) is 22.1 Å². The molecule has 3 heterocycles. The number of aromatic nitrogens is 3. The lowest BCUT2D eigenvalue weighted by Crippen LogP contribution is -2.45. The number of fused-ring (bicyclic) bond motifs is 1. The van der Waals surface area contributed by atoms with Crippen LogP contribution in [0.15, 0.2) is 24.3 Å². The molecule has 132 valence electrons. The first kappa shape index (κ1) is 16.1. The number of nitrogens with one attached hydrogen (secondary N) is 1. The maximum absolute atomic E-state index is 13.0. The van der Waals surface area contributed by atoms with Crippen LogP contribution in [0.1, 0.15) is 42.6 Å². The number of carbonyl (C=O) groups excluding carboxylic acids is 1. The molecule has 0 aliphatic carbocycles. The summed E-state index contributed by atoms with van der Waals surface area (Å²) in [6.07, 6.45) is 1.59. The third kappa shape index (κ3) is 3.11. The molecular formula is C18H22N4O3. The SMILES string of the molecule is CCCc1nc([C@H]2CN(C(=O)[C@@H]3COc4ccccc43)CCO2)n[nH]1. The van der Waals surface area contributed by atoms with Gasteiger partial charge in [0.05, 0.1) is 13.2 Å². The van der Waals surface area contributed by atoms with Crippen molar-refractivity contribution in [2.45, 2.75) is 31.8 Å². The number of hydrogen-bond acceptors (Lipinski definition) is 5. The zero-order chi connectivity index (χ0) is 17.2. The van der Waals surface area contributed by atoms with Gasteiger partial charge < -0.3 is 14.4 Å². The predicted molar refractivity (Wildman–Crippen MR) is 90.3 cm³/mol. The van der Waals surface area contributed by atoms with Crippen LogP contribution in [0.2, 0.25) is 0 Å². The number of rotatable bonds is 4. The van der Waals surface area contributed by atoms with Gasteiger partial charge in [0.25, 0.3) is 0 Å². The summed E-state index contributed by atoms with van der Waals surface area (Å²) in [6, 6.07) is 7.75. The molecule has 2 aliphatic heterocycles. The molecule has 1 fully saturated rings. The molecule has 25 heavy (non-hydrogen) atoms. The van der Waals surface area contributed by atoms with Gasteiger partial charge in [-0.2, -0.15) is 5.10 Å². The average Bonchev–Trinajstić information content (AvgIpc) is 3.29. The van der Waals surface area contributed by atoms with E-state index < -0.39 is 0 Å². The highest BCUT2D eigenvalue weighted by atomic mass is 16.5. The molecule has 4 rings (SSSR count). The number of morpholine rings is 1. The Morgan fingerprint density at radius 2 is 2.28 bits per heavy atom. The van der Waals surface area contributed by atoms with E-state index in [0.717, 1.165) is 30.0 Å². The van der Waals surface area contributed by atoms with Crippen LogP contribution in [0, 0.1) is 0 Å². The number of para-hydroxylation sites is 1. The lowest BCUT2D eigenvalue weighted by atomic mass is 9.99. The molecule has 7 heteroatoms. The first-order chi connectivity index (χ1) is 12.3. The number of hydrogen-bond donors (Lipinski definition) is 1. The van der Waals surface area contributed by atoms with E-state index in [-0.39, 0.29) is 17.9 Å². The second-order valence-corrected chi connectivity index (χ2v) is 6.44. The summed E-state index contributed by atoms with van der Waals surface area (Å²) in [6.45, 7) is 4.05. The van der Waals surface area contributed by atoms with Gasteiger partial charge in [0, 0.05) is 18.5 Å². The predicted octanol–water partition coefficient (Wildman–Crippen LogP) is 1.83. The van der Waals surface area contributed by atoms with Gasteiger partial charge in [-0.3, -0.25) is 9.89 Å². The largest absolute Gasteiger partial charge is 0.492 e. The van der Waals surface area contributed by atoms with Gasteiger partial charge in [0.1, 0.15) is 30.2 Å². The molecule has 1 amide bonds. The number of nitrogens with zero attached hydrogens (tertiary/aromatic N) is 3. The quantitative estimate of drug-likeness (QED) is 0.917. The molecule has 2 aliphatic rings. The van der Waals surface area contributed by atoms with Gasteiger partial charge in [-0.1, -0.05) is 25.1 Å². The van der Waals surface area contributed by atoms with Gasteiger partial charge in [-0.05, 0) is 12.5 Å². The number of aromatic amines is 1. The molecule has 1 aromatic heterocycles. The molecule has 0 bridgehead atoms. The Hall–Kier alpha value is -2.41. The van der Waals surface area contributed by atoms with Crippen molar-refractivity contribution in [2.24, 2.45) is 0 Å². The van der Waals surface area contributed by atoms with E-state index in [4.69, 9.17) is 9.47 Å². The zero-order valence-corrected chi connectivity index (χ0v) is 14.3. The summed E-state index contributed by atoms with van der Waals surface area (Å²) < 4.78 is 11.5. The average molecular weight is 342 g/mol. The van der Waals surface area contributed by atoms with Gasteiger partial charge in [-0.25, -0.2) is 4.98 Å². The Balaban J connectivity index is 1.47. The van der Waals surface area contributed by atoms with Gasteiger partial charge in [-0.15, -0.1) is 0 Å². The normalized spacial score (nSPS) is 22.5. The van der Waals surface area contributed by atoms with Crippen molar-refractivity contribution in [3.63, 3.8) is 0 Å². The highest BCUT2D eigenvalue weighted by Gasteiger charge is 2.36. The maximum Gasteiger partial charge on any atom is 0.233 e. The summed E-state index contributed by atoms with van der Waals surface area (Å²) in [5.74, 6) is 2.15. The molecule has 0 radical (unpaired) electrons. The van der Waals surface area contributed by atoms with Crippen LogP contribution in [0.3, 0.4) is 0 Å². The van der Waals surface area contributed by atoms with Crippen molar-refractivity contribution >= 4 is 5.91 Å². The van der Waals surface area contributed by atoms with E-state index in [0.29, 0.717) is 32.1 Å². The lowest BCUT2D eigenvalue weighted by Gasteiger charge is -2.33. The fourth-order valence-electron chi connectivity index (χ4n) is 3.40. The Labute approximate surface area is 146 Å². The topological polar surface area (TPSA) is 80.3 Å². The molecule has 0 spiro atoms. The second-order valence-electron chi connectivity index (χ2n) is 6.44. The fraction of sp³-hybridized carbons (Fsp3) is 0.500. The maximum atomic E-state index is 13.0. The number of ether oxygens (including phenoxy) is 2. The molecule has 2 aromatic rings. The second kappa shape index (κ2) is 6.84. The van der Waals surface area contributed by atoms with Crippen LogP contribution in [-0.4, -0.2) is 52.3 Å². The molecule has 1 N–H and O–H groups in total. The Morgan fingerprint density at radius 3 is 3.16 bits per heavy atom. The molecule has 1 saturated heterocycles. The van der Waals surface area contributed by atoms with E-state index >= 15 is 0 Å². The summed E-state index contributed by atoms with van der Waals surface area (Å²) in [5.41, 5.74) is 0.971. The van der Waals surface area contributed by atoms with Crippen molar-refractivity contribution in [3.05, 3.63) is 41.5 Å². The van der Waals surface area contributed by atoms with E-state index in [1.54, 1.807) is 0 Å². The number of H-pyrrole nitrogens is 1. The highest BCUT2D eigenvalue weighted by molar-refractivity contribution is 5.85. The Bertz CT molecular complexity index is 760. The molecular weight excluding hydrogens is 320 g/mol. The molecule has 2 atom stereocenters. The minimum absolute atomic E-state index is 0.0857. The van der Waals surface area contributed by atoms with Gasteiger partial charge in [0.15, 0.2) is 5.82 Å². The van der Waals surface area contributed by atoms with E-state index in [1.807, 2.05) is 29.2 Å². The summed E-state index contributed by atoms with van der Waals surface area (Å²) in [5, 5.41) is 7.21. The molecule has 0 unspecified atom stereocenters. The van der Waals surface area contributed by atoms with E-state index in [1.165, 1.54) is 0 Å². The van der Waals surface area contributed by atoms with Crippen molar-refractivity contribution < 1.29 is 14.3 Å². The molecule has 7 nitrogen and oxygen atoms in total. The first-order valence-corrected chi connectivity index (χ1v) is 8.79. The summed E-state index contributed by atoms with van der Waals surface area (Å²) in [7, 11) is 0. The highest BCUT2D eigenvalue weighted by Crippen LogP contribution is 2.35. The first-order valence-electron chi connectivity index (χ1n) is 8.79. The third-order valence-electron chi connectivity index (χ3n) is 4.70. The lowest BCUT2D eigenvalue weighted by molar-refractivity contribution is -0.141. The van der Waals surface area contributed by atoms with Gasteiger partial charge in [0.2, 0.25) is 5.91 Å². The van der Waals surface area contributed by atoms with Crippen LogP contribution in [0.25, 0.3) is 0 Å². The molecule has 1 aromatic carbocycles. The van der Waals surface area contributed by atoms with Crippen LogP contribution in [-0.2, 0) is 16.0 Å². The standard InChI is InChI=1S/C18H22N4O3/c1-2-5-16-19-17(21-20-16)15-10-22(8-9-24-15)18(23)13-11-25-14-7-4-3-6-12(13)14/h3-4,6-7,13,15H,2,5,8-11H2,1H3,(H,19,20,21)/t13-,15-/m1/s1. The monoisotopic (exact) mass is 342 g/mol. The van der Waals surface area contributed by atoms with Gasteiger partial charge >= 0.3 is 0 Å². The Morgan fingerprint density at radius 1 is 1.40 bits per heavy atom. The van der Waals surface area contributed by atoms with Crippen LogP contribution in [0.5, 0.6) is 5.75 Å². The minimum atomic E-state index is -0.280. The Kier molecular flexibility index (Phi) is 4.40. The number of aryl methyl sites for hydroxylation is 1. The zero-order valence-electron chi connectivity index (χ0n) is 14.3. The van der Waals surface area contributed by atoms with Crippen LogP contribution in [0.4, 0.5) is 0 Å². The number of carbonyl (C=O) groups is 1. The summed E-state index contributed by atoms with van der Waals surface area (Å²) in [4.78, 5) is 19.3. The van der Waals surface area contributed by atoms with Crippen molar-refractivity contribution in [3.8, 4) is 5.75 Å². The minimum Gasteiger partial charge on any atom is -0.492 e. The van der Waals surface area contributed by atoms with Crippen molar-refractivity contribution in [2.75, 3.05) is 26.3 Å². The fourth-order valence-corrected chi connectivity index (χ4v) is 3.40. The van der Waals surface area contributed by atoms with Crippen LogP contribution >= 0.6 is 0 Å². The number of benzene rings is 1. The third-order valence-corrected chi connectivity index (χ3v) is 4.70.